The first-order valence-corrected chi connectivity index (χ1v) is 5.93. The summed E-state index contributed by atoms with van der Waals surface area (Å²) in [5.74, 6) is 0. The maximum Gasteiger partial charge on any atom is 0.418 e. The molecule has 0 aliphatic heterocycles. The minimum Gasteiger partial charge on any atom is -0.336 e. The van der Waals surface area contributed by atoms with E-state index >= 15 is 0 Å². The van der Waals surface area contributed by atoms with E-state index < -0.39 is 17.8 Å². The summed E-state index contributed by atoms with van der Waals surface area (Å²) in [7, 11) is 0. The Kier molecular flexibility index (Phi) is 4.61. The van der Waals surface area contributed by atoms with E-state index in [0.717, 1.165) is 6.07 Å². The Morgan fingerprint density at radius 1 is 1.33 bits per heavy atom. The SMILES string of the molecule is CC(C)NC(=O)Nc1ccc(Br)cc1C(F)(F)F. The van der Waals surface area contributed by atoms with Crippen molar-refractivity contribution in [3.05, 3.63) is 28.2 Å². The van der Waals surface area contributed by atoms with Crippen molar-refractivity contribution in [2.24, 2.45) is 0 Å². The fourth-order valence-corrected chi connectivity index (χ4v) is 1.64. The number of carbonyl (C=O) groups is 1. The molecule has 0 bridgehead atoms. The van der Waals surface area contributed by atoms with E-state index in [9.17, 15) is 18.0 Å². The molecule has 2 N–H and O–H groups in total. The Morgan fingerprint density at radius 2 is 1.94 bits per heavy atom. The van der Waals surface area contributed by atoms with Crippen LogP contribution in [0.4, 0.5) is 23.7 Å². The standard InChI is InChI=1S/C11H12BrF3N2O/c1-6(2)16-10(18)17-9-4-3-7(12)5-8(9)11(13,14)15/h3-6H,1-2H3,(H2,16,17,18). The quantitative estimate of drug-likeness (QED) is 0.848. The van der Waals surface area contributed by atoms with Gasteiger partial charge in [-0.05, 0) is 32.0 Å². The third-order valence-electron chi connectivity index (χ3n) is 1.95. The van der Waals surface area contributed by atoms with Gasteiger partial charge in [0.25, 0.3) is 0 Å². The summed E-state index contributed by atoms with van der Waals surface area (Å²) >= 11 is 2.97. The van der Waals surface area contributed by atoms with Crippen molar-refractivity contribution in [3.63, 3.8) is 0 Å². The minimum absolute atomic E-state index is 0.158. The number of urea groups is 1. The van der Waals surface area contributed by atoms with Gasteiger partial charge in [0.15, 0.2) is 0 Å². The third-order valence-corrected chi connectivity index (χ3v) is 2.45. The van der Waals surface area contributed by atoms with Crippen molar-refractivity contribution >= 4 is 27.6 Å². The summed E-state index contributed by atoms with van der Waals surface area (Å²) in [4.78, 5) is 11.4. The first kappa shape index (κ1) is 14.8. The maximum absolute atomic E-state index is 12.7. The lowest BCUT2D eigenvalue weighted by Crippen LogP contribution is -2.34. The van der Waals surface area contributed by atoms with E-state index in [1.807, 2.05) is 0 Å². The normalized spacial score (nSPS) is 11.5. The van der Waals surface area contributed by atoms with Crippen LogP contribution < -0.4 is 10.6 Å². The molecule has 18 heavy (non-hydrogen) atoms. The van der Waals surface area contributed by atoms with E-state index in [0.29, 0.717) is 4.47 Å². The molecular formula is C11H12BrF3N2O. The fraction of sp³-hybridized carbons (Fsp3) is 0.364. The van der Waals surface area contributed by atoms with Crippen LogP contribution in [0, 0.1) is 0 Å². The Hall–Kier alpha value is -1.24. The summed E-state index contributed by atoms with van der Waals surface area (Å²) in [5, 5.41) is 4.64. The molecule has 0 atom stereocenters. The first-order valence-electron chi connectivity index (χ1n) is 5.14. The van der Waals surface area contributed by atoms with Gasteiger partial charge in [0, 0.05) is 10.5 Å². The highest BCUT2D eigenvalue weighted by Crippen LogP contribution is 2.36. The highest BCUT2D eigenvalue weighted by molar-refractivity contribution is 9.10. The van der Waals surface area contributed by atoms with Crippen molar-refractivity contribution in [1.29, 1.82) is 0 Å². The van der Waals surface area contributed by atoms with Gasteiger partial charge in [0.05, 0.1) is 11.3 Å². The zero-order valence-electron chi connectivity index (χ0n) is 9.73. The predicted octanol–water partition coefficient (Wildman–Crippen LogP) is 4.00. The molecule has 0 saturated heterocycles. The molecule has 0 saturated carbocycles. The summed E-state index contributed by atoms with van der Waals surface area (Å²) in [5.41, 5.74) is -1.17. The molecule has 1 aromatic carbocycles. The number of nitrogens with one attached hydrogen (secondary N) is 2. The maximum atomic E-state index is 12.7. The van der Waals surface area contributed by atoms with Crippen LogP contribution in [0.15, 0.2) is 22.7 Å². The van der Waals surface area contributed by atoms with E-state index in [-0.39, 0.29) is 11.7 Å². The van der Waals surface area contributed by atoms with Gasteiger partial charge in [0.1, 0.15) is 0 Å². The van der Waals surface area contributed by atoms with Gasteiger partial charge in [-0.25, -0.2) is 4.79 Å². The first-order chi connectivity index (χ1) is 8.20. The van der Waals surface area contributed by atoms with Crippen LogP contribution in [0.3, 0.4) is 0 Å². The van der Waals surface area contributed by atoms with Crippen molar-refractivity contribution in [3.8, 4) is 0 Å². The predicted molar refractivity (Wildman–Crippen MR) is 66.4 cm³/mol. The van der Waals surface area contributed by atoms with Crippen molar-refractivity contribution < 1.29 is 18.0 Å². The van der Waals surface area contributed by atoms with Gasteiger partial charge in [-0.15, -0.1) is 0 Å². The second kappa shape index (κ2) is 5.60. The van der Waals surface area contributed by atoms with E-state index in [1.165, 1.54) is 12.1 Å². The highest BCUT2D eigenvalue weighted by atomic mass is 79.9. The summed E-state index contributed by atoms with van der Waals surface area (Å²) < 4.78 is 38.5. The largest absolute Gasteiger partial charge is 0.418 e. The number of anilines is 1. The highest BCUT2D eigenvalue weighted by Gasteiger charge is 2.34. The number of rotatable bonds is 2. The number of benzene rings is 1. The van der Waals surface area contributed by atoms with Crippen molar-refractivity contribution in [2.45, 2.75) is 26.1 Å². The van der Waals surface area contributed by atoms with Crippen LogP contribution in [0.5, 0.6) is 0 Å². The third kappa shape index (κ3) is 4.21. The topological polar surface area (TPSA) is 41.1 Å². The molecular weight excluding hydrogens is 313 g/mol. The lowest BCUT2D eigenvalue weighted by molar-refractivity contribution is -0.136. The van der Waals surface area contributed by atoms with E-state index in [2.05, 4.69) is 26.6 Å². The smallest absolute Gasteiger partial charge is 0.336 e. The Labute approximate surface area is 111 Å². The molecule has 0 heterocycles. The molecule has 1 aromatic rings. The number of alkyl halides is 3. The van der Waals surface area contributed by atoms with Gasteiger partial charge in [-0.1, -0.05) is 15.9 Å². The van der Waals surface area contributed by atoms with Crippen LogP contribution in [0.2, 0.25) is 0 Å². The molecule has 7 heteroatoms. The van der Waals surface area contributed by atoms with Crippen molar-refractivity contribution in [2.75, 3.05) is 5.32 Å². The molecule has 0 fully saturated rings. The second-order valence-electron chi connectivity index (χ2n) is 3.94. The number of amides is 2. The second-order valence-corrected chi connectivity index (χ2v) is 4.86. The molecule has 1 rings (SSSR count). The Bertz CT molecular complexity index is 446. The molecule has 3 nitrogen and oxygen atoms in total. The number of hydrogen-bond acceptors (Lipinski definition) is 1. The number of halogens is 4. The van der Waals surface area contributed by atoms with Crippen LogP contribution in [-0.4, -0.2) is 12.1 Å². The van der Waals surface area contributed by atoms with Gasteiger partial charge in [-0.2, -0.15) is 13.2 Å². The average molecular weight is 325 g/mol. The summed E-state index contributed by atoms with van der Waals surface area (Å²) in [6, 6.07) is 2.73. The molecule has 0 radical (unpaired) electrons. The molecule has 100 valence electrons. The molecule has 0 aliphatic carbocycles. The van der Waals surface area contributed by atoms with Crippen LogP contribution in [0.1, 0.15) is 19.4 Å². The van der Waals surface area contributed by atoms with E-state index in [1.54, 1.807) is 13.8 Å². The Morgan fingerprint density at radius 3 is 2.44 bits per heavy atom. The molecule has 0 aromatic heterocycles. The monoisotopic (exact) mass is 324 g/mol. The summed E-state index contributed by atoms with van der Waals surface area (Å²) in [6.45, 7) is 3.43. The van der Waals surface area contributed by atoms with Gasteiger partial charge < -0.3 is 10.6 Å². The zero-order chi connectivity index (χ0) is 13.9. The summed E-state index contributed by atoms with van der Waals surface area (Å²) in [6.07, 6.45) is -4.52. The zero-order valence-corrected chi connectivity index (χ0v) is 11.3. The van der Waals surface area contributed by atoms with Gasteiger partial charge in [0.2, 0.25) is 0 Å². The van der Waals surface area contributed by atoms with Crippen molar-refractivity contribution in [1.82, 2.24) is 5.32 Å². The van der Waals surface area contributed by atoms with E-state index in [4.69, 9.17) is 0 Å². The van der Waals surface area contributed by atoms with Gasteiger partial charge >= 0.3 is 12.2 Å². The van der Waals surface area contributed by atoms with Gasteiger partial charge in [-0.3, -0.25) is 0 Å². The van der Waals surface area contributed by atoms with Crippen LogP contribution >= 0.6 is 15.9 Å². The molecule has 0 unspecified atom stereocenters. The van der Waals surface area contributed by atoms with Crippen LogP contribution in [0.25, 0.3) is 0 Å². The van der Waals surface area contributed by atoms with Crippen LogP contribution in [-0.2, 0) is 6.18 Å². The average Bonchev–Trinajstić information content (AvgIpc) is 2.17. The lowest BCUT2D eigenvalue weighted by Gasteiger charge is -2.15. The molecule has 0 aliphatic rings. The Balaban J connectivity index is 2.99. The lowest BCUT2D eigenvalue weighted by atomic mass is 10.1. The fourth-order valence-electron chi connectivity index (χ4n) is 1.28. The minimum atomic E-state index is -4.52. The number of hydrogen-bond donors (Lipinski definition) is 2. The number of carbonyl (C=O) groups excluding carboxylic acids is 1. The molecule has 2 amide bonds. The molecule has 0 spiro atoms.